The van der Waals surface area contributed by atoms with E-state index in [1.54, 1.807) is 7.11 Å². The number of ether oxygens (including phenoxy) is 1. The monoisotopic (exact) mass is 403 g/mol. The fourth-order valence-electron chi connectivity index (χ4n) is 4.72. The van der Waals surface area contributed by atoms with Gasteiger partial charge in [0.1, 0.15) is 5.75 Å². The van der Waals surface area contributed by atoms with E-state index in [2.05, 4.69) is 51.6 Å². The molecular weight excluding hydrogens is 374 g/mol. The van der Waals surface area contributed by atoms with Crippen molar-refractivity contribution in [3.63, 3.8) is 0 Å². The number of hydrogen-bond acceptors (Lipinski definition) is 3. The Morgan fingerprint density at radius 3 is 2.90 bits per heavy atom. The minimum atomic E-state index is 0.216. The summed E-state index contributed by atoms with van der Waals surface area (Å²) < 4.78 is 5.47. The van der Waals surface area contributed by atoms with Crippen LogP contribution in [0, 0.1) is 5.92 Å². The van der Waals surface area contributed by atoms with Crippen molar-refractivity contribution in [2.45, 2.75) is 38.6 Å². The molecule has 1 aromatic heterocycles. The molecule has 1 amide bonds. The standard InChI is InChI=1S/C25H29N3O2/c1-30-19-9-10-22-21(15-19)20(11-13-26-25(29)18-6-4-7-18)23(27-22)16-28-14-12-17-5-2-3-8-24(17)28/h2-3,5,8-10,15,18,27H,4,6-7,11-14,16H2,1H3,(H,26,29). The van der Waals surface area contributed by atoms with Gasteiger partial charge in [-0.1, -0.05) is 24.6 Å². The van der Waals surface area contributed by atoms with Crippen LogP contribution in [0.2, 0.25) is 0 Å². The molecule has 1 aliphatic heterocycles. The predicted molar refractivity (Wildman–Crippen MR) is 120 cm³/mol. The molecule has 0 bridgehead atoms. The number of fused-ring (bicyclic) bond motifs is 2. The molecule has 0 atom stereocenters. The number of nitrogens with zero attached hydrogens (tertiary/aromatic N) is 1. The molecule has 2 aliphatic rings. The van der Waals surface area contributed by atoms with Gasteiger partial charge in [0.25, 0.3) is 0 Å². The van der Waals surface area contributed by atoms with Crippen molar-refractivity contribution in [2.24, 2.45) is 5.92 Å². The Labute approximate surface area is 177 Å². The van der Waals surface area contributed by atoms with Crippen LogP contribution in [0.1, 0.15) is 36.1 Å². The Morgan fingerprint density at radius 1 is 1.23 bits per heavy atom. The topological polar surface area (TPSA) is 57.4 Å². The van der Waals surface area contributed by atoms with Crippen molar-refractivity contribution in [1.82, 2.24) is 10.3 Å². The quantitative estimate of drug-likeness (QED) is 0.622. The van der Waals surface area contributed by atoms with Gasteiger partial charge in [0.2, 0.25) is 5.91 Å². The summed E-state index contributed by atoms with van der Waals surface area (Å²) in [6.45, 7) is 2.55. The normalized spacial score (nSPS) is 15.8. The van der Waals surface area contributed by atoms with Gasteiger partial charge in [0.05, 0.1) is 13.7 Å². The summed E-state index contributed by atoms with van der Waals surface area (Å²) in [6.07, 6.45) is 5.17. The zero-order valence-corrected chi connectivity index (χ0v) is 17.5. The Hall–Kier alpha value is -2.95. The van der Waals surface area contributed by atoms with Crippen LogP contribution in [0.15, 0.2) is 42.5 Å². The second kappa shape index (κ2) is 8.05. The molecule has 1 saturated carbocycles. The van der Waals surface area contributed by atoms with Crippen LogP contribution in [0.3, 0.4) is 0 Å². The second-order valence-electron chi connectivity index (χ2n) is 8.46. The Balaban J connectivity index is 1.40. The molecule has 1 fully saturated rings. The number of rotatable bonds is 7. The average molecular weight is 404 g/mol. The highest BCUT2D eigenvalue weighted by molar-refractivity contribution is 5.86. The van der Waals surface area contributed by atoms with E-state index in [-0.39, 0.29) is 11.8 Å². The zero-order chi connectivity index (χ0) is 20.5. The lowest BCUT2D eigenvalue weighted by molar-refractivity contribution is -0.127. The van der Waals surface area contributed by atoms with Crippen LogP contribution < -0.4 is 15.0 Å². The molecule has 30 heavy (non-hydrogen) atoms. The molecule has 5 nitrogen and oxygen atoms in total. The molecule has 3 aromatic rings. The van der Waals surface area contributed by atoms with Crippen molar-refractivity contribution < 1.29 is 9.53 Å². The number of hydrogen-bond donors (Lipinski definition) is 2. The van der Waals surface area contributed by atoms with Crippen LogP contribution in [0.25, 0.3) is 10.9 Å². The van der Waals surface area contributed by atoms with E-state index in [1.165, 1.54) is 34.3 Å². The summed E-state index contributed by atoms with van der Waals surface area (Å²) in [5, 5.41) is 4.34. The summed E-state index contributed by atoms with van der Waals surface area (Å²) in [5.74, 6) is 1.31. The molecule has 5 rings (SSSR count). The summed E-state index contributed by atoms with van der Waals surface area (Å²) >= 11 is 0. The van der Waals surface area contributed by atoms with Gasteiger partial charge in [-0.25, -0.2) is 0 Å². The molecule has 5 heteroatoms. The van der Waals surface area contributed by atoms with E-state index in [0.29, 0.717) is 6.54 Å². The number of carbonyl (C=O) groups excluding carboxylic acids is 1. The van der Waals surface area contributed by atoms with Gasteiger partial charge in [-0.05, 0) is 61.1 Å². The summed E-state index contributed by atoms with van der Waals surface area (Å²) in [5.41, 5.74) is 6.39. The van der Waals surface area contributed by atoms with E-state index < -0.39 is 0 Å². The number of benzene rings is 2. The van der Waals surface area contributed by atoms with Crippen LogP contribution in [0.4, 0.5) is 5.69 Å². The molecule has 2 aromatic carbocycles. The number of nitrogens with one attached hydrogen (secondary N) is 2. The fourth-order valence-corrected chi connectivity index (χ4v) is 4.72. The smallest absolute Gasteiger partial charge is 0.223 e. The van der Waals surface area contributed by atoms with Gasteiger partial charge >= 0.3 is 0 Å². The van der Waals surface area contributed by atoms with Crippen molar-refractivity contribution in [3.8, 4) is 5.75 Å². The van der Waals surface area contributed by atoms with Gasteiger partial charge < -0.3 is 19.9 Å². The van der Waals surface area contributed by atoms with Crippen LogP contribution in [-0.2, 0) is 24.2 Å². The predicted octanol–water partition coefficient (Wildman–Crippen LogP) is 4.20. The van der Waals surface area contributed by atoms with Gasteiger partial charge in [0, 0.05) is 41.3 Å². The number of carbonyl (C=O) groups is 1. The van der Waals surface area contributed by atoms with E-state index >= 15 is 0 Å². The molecule has 0 saturated heterocycles. The number of aromatic nitrogens is 1. The van der Waals surface area contributed by atoms with Crippen molar-refractivity contribution in [3.05, 3.63) is 59.3 Å². The maximum absolute atomic E-state index is 12.3. The Kier molecular flexibility index (Phi) is 5.11. The van der Waals surface area contributed by atoms with Crippen LogP contribution in [0.5, 0.6) is 5.75 Å². The fraction of sp³-hybridized carbons (Fsp3) is 0.400. The molecule has 2 N–H and O–H groups in total. The van der Waals surface area contributed by atoms with E-state index in [9.17, 15) is 4.79 Å². The molecule has 0 unspecified atom stereocenters. The number of para-hydroxylation sites is 1. The Bertz CT molecular complexity index is 1070. The highest BCUT2D eigenvalue weighted by atomic mass is 16.5. The Morgan fingerprint density at radius 2 is 2.10 bits per heavy atom. The first kappa shape index (κ1) is 19.0. The van der Waals surface area contributed by atoms with E-state index in [1.807, 2.05) is 6.07 Å². The van der Waals surface area contributed by atoms with E-state index in [4.69, 9.17) is 4.74 Å². The lowest BCUT2D eigenvalue weighted by Gasteiger charge is -2.24. The molecule has 0 spiro atoms. The molecule has 1 aliphatic carbocycles. The number of anilines is 1. The third-order valence-electron chi connectivity index (χ3n) is 6.68. The zero-order valence-electron chi connectivity index (χ0n) is 17.5. The summed E-state index contributed by atoms with van der Waals surface area (Å²) in [6, 6.07) is 14.9. The van der Waals surface area contributed by atoms with Gasteiger partial charge in [-0.2, -0.15) is 0 Å². The number of H-pyrrole nitrogens is 1. The van der Waals surface area contributed by atoms with Gasteiger partial charge in [-0.3, -0.25) is 4.79 Å². The van der Waals surface area contributed by atoms with Crippen LogP contribution in [-0.4, -0.2) is 31.1 Å². The number of methoxy groups -OCH3 is 1. The third-order valence-corrected chi connectivity index (χ3v) is 6.68. The van der Waals surface area contributed by atoms with Crippen molar-refractivity contribution >= 4 is 22.5 Å². The van der Waals surface area contributed by atoms with Crippen molar-refractivity contribution in [2.75, 3.05) is 25.1 Å². The maximum Gasteiger partial charge on any atom is 0.223 e. The number of amides is 1. The summed E-state index contributed by atoms with van der Waals surface area (Å²) in [7, 11) is 1.70. The summed E-state index contributed by atoms with van der Waals surface area (Å²) in [4.78, 5) is 18.4. The first-order valence-electron chi connectivity index (χ1n) is 11.0. The lowest BCUT2D eigenvalue weighted by Crippen LogP contribution is -2.35. The average Bonchev–Trinajstić information content (AvgIpc) is 3.28. The largest absolute Gasteiger partial charge is 0.497 e. The van der Waals surface area contributed by atoms with Crippen molar-refractivity contribution in [1.29, 1.82) is 0 Å². The number of aromatic amines is 1. The minimum Gasteiger partial charge on any atom is -0.497 e. The highest BCUT2D eigenvalue weighted by Crippen LogP contribution is 2.32. The first-order chi connectivity index (χ1) is 14.7. The van der Waals surface area contributed by atoms with E-state index in [0.717, 1.165) is 50.0 Å². The minimum absolute atomic E-state index is 0.216. The molecule has 156 valence electrons. The third kappa shape index (κ3) is 3.53. The second-order valence-corrected chi connectivity index (χ2v) is 8.46. The molecule has 0 radical (unpaired) electrons. The lowest BCUT2D eigenvalue weighted by atomic mass is 9.85. The maximum atomic E-state index is 12.3. The molecular formula is C25H29N3O2. The highest BCUT2D eigenvalue weighted by Gasteiger charge is 2.25. The van der Waals surface area contributed by atoms with Gasteiger partial charge in [0.15, 0.2) is 0 Å². The first-order valence-corrected chi connectivity index (χ1v) is 11.0. The van der Waals surface area contributed by atoms with Crippen LogP contribution >= 0.6 is 0 Å². The van der Waals surface area contributed by atoms with Gasteiger partial charge in [-0.15, -0.1) is 0 Å². The SMILES string of the molecule is COc1ccc2[nH]c(CN3CCc4ccccc43)c(CCNC(=O)C3CCC3)c2c1. The molecule has 2 heterocycles.